The first-order chi connectivity index (χ1) is 15.7. The molecule has 2 amide bonds. The van der Waals surface area contributed by atoms with Crippen molar-refractivity contribution in [3.05, 3.63) is 53.7 Å². The third-order valence-corrected chi connectivity index (χ3v) is 7.93. The van der Waals surface area contributed by atoms with Gasteiger partial charge >= 0.3 is 0 Å². The molecule has 0 radical (unpaired) electrons. The molecule has 178 valence electrons. The van der Waals surface area contributed by atoms with Gasteiger partial charge in [-0.2, -0.15) is 4.31 Å². The van der Waals surface area contributed by atoms with Crippen LogP contribution in [0.3, 0.4) is 0 Å². The van der Waals surface area contributed by atoms with Crippen molar-refractivity contribution in [1.29, 1.82) is 0 Å². The number of piperazine rings is 2. The average molecular weight is 479 g/mol. The lowest BCUT2D eigenvalue weighted by atomic mass is 10.2. The van der Waals surface area contributed by atoms with E-state index in [1.807, 2.05) is 4.90 Å². The quantitative estimate of drug-likeness (QED) is 0.637. The summed E-state index contributed by atoms with van der Waals surface area (Å²) in [7, 11) is -3.72. The average Bonchev–Trinajstić information content (AvgIpc) is 3.26. The van der Waals surface area contributed by atoms with Crippen molar-refractivity contribution in [2.45, 2.75) is 11.8 Å². The summed E-state index contributed by atoms with van der Waals surface area (Å²) in [5.74, 6) is 0.312. The summed E-state index contributed by atoms with van der Waals surface area (Å²) in [5.41, 5.74) is 0. The molecule has 0 saturated carbocycles. The number of hydrogen-bond acceptors (Lipinski definition) is 6. The SMILES string of the molecule is Cc1ccc(C(=O)N2CCN(CC(=O)N3CCN(S(=O)(=O)c4ccc(F)cc4)CC3)CC2)o1. The highest BCUT2D eigenvalue weighted by atomic mass is 32.2. The van der Waals surface area contributed by atoms with Crippen LogP contribution in [0.5, 0.6) is 0 Å². The van der Waals surface area contributed by atoms with Gasteiger partial charge < -0.3 is 14.2 Å². The summed E-state index contributed by atoms with van der Waals surface area (Å²) in [6.07, 6.45) is 0. The molecule has 3 heterocycles. The second-order valence-electron chi connectivity index (χ2n) is 8.22. The number of halogens is 1. The zero-order chi connectivity index (χ0) is 23.6. The zero-order valence-electron chi connectivity index (χ0n) is 18.4. The standard InChI is InChI=1S/C22H27FN4O5S/c1-17-2-7-20(32-17)22(29)26-10-8-24(9-11-26)16-21(28)25-12-14-27(15-13-25)33(30,31)19-5-3-18(23)4-6-19/h2-7H,8-16H2,1H3. The predicted molar refractivity (Wildman–Crippen MR) is 118 cm³/mol. The summed E-state index contributed by atoms with van der Waals surface area (Å²) in [4.78, 5) is 30.7. The van der Waals surface area contributed by atoms with Crippen LogP contribution in [0, 0.1) is 12.7 Å². The Kier molecular flexibility index (Phi) is 6.82. The van der Waals surface area contributed by atoms with Crippen molar-refractivity contribution in [1.82, 2.24) is 19.0 Å². The van der Waals surface area contributed by atoms with E-state index in [0.29, 0.717) is 50.8 Å². The Morgan fingerprint density at radius 2 is 1.48 bits per heavy atom. The second kappa shape index (κ2) is 9.62. The first-order valence-corrected chi connectivity index (χ1v) is 12.3. The van der Waals surface area contributed by atoms with Crippen molar-refractivity contribution in [3.8, 4) is 0 Å². The Hall–Kier alpha value is -2.76. The summed E-state index contributed by atoms with van der Waals surface area (Å²) >= 11 is 0. The third-order valence-electron chi connectivity index (χ3n) is 6.01. The summed E-state index contributed by atoms with van der Waals surface area (Å²) in [5, 5.41) is 0. The van der Waals surface area contributed by atoms with Crippen molar-refractivity contribution in [3.63, 3.8) is 0 Å². The molecule has 4 rings (SSSR count). The van der Waals surface area contributed by atoms with Crippen molar-refractivity contribution in [2.24, 2.45) is 0 Å². The Morgan fingerprint density at radius 1 is 0.879 bits per heavy atom. The zero-order valence-corrected chi connectivity index (χ0v) is 19.3. The molecule has 0 spiro atoms. The molecule has 1 aromatic heterocycles. The van der Waals surface area contributed by atoms with E-state index in [-0.39, 0.29) is 36.3 Å². The Labute approximate surface area is 192 Å². The molecule has 2 aliphatic rings. The van der Waals surface area contributed by atoms with Crippen molar-refractivity contribution >= 4 is 21.8 Å². The number of amides is 2. The van der Waals surface area contributed by atoms with Crippen LogP contribution in [-0.4, -0.2) is 98.1 Å². The van der Waals surface area contributed by atoms with Gasteiger partial charge in [-0.15, -0.1) is 0 Å². The lowest BCUT2D eigenvalue weighted by molar-refractivity contribution is -0.133. The number of benzene rings is 1. The number of carbonyl (C=O) groups is 2. The number of nitrogens with zero attached hydrogens (tertiary/aromatic N) is 4. The van der Waals surface area contributed by atoms with E-state index in [2.05, 4.69) is 0 Å². The summed E-state index contributed by atoms with van der Waals surface area (Å²) < 4.78 is 45.3. The van der Waals surface area contributed by atoms with Crippen LogP contribution in [0.1, 0.15) is 16.3 Å². The predicted octanol–water partition coefficient (Wildman–Crippen LogP) is 1.02. The van der Waals surface area contributed by atoms with Crippen LogP contribution in [0.4, 0.5) is 4.39 Å². The van der Waals surface area contributed by atoms with Crippen molar-refractivity contribution in [2.75, 3.05) is 58.9 Å². The molecule has 0 N–H and O–H groups in total. The molecule has 11 heteroatoms. The molecule has 33 heavy (non-hydrogen) atoms. The minimum atomic E-state index is -3.72. The largest absolute Gasteiger partial charge is 0.456 e. The van der Waals surface area contributed by atoms with E-state index in [1.54, 1.807) is 28.9 Å². The molecule has 1 aromatic carbocycles. The Morgan fingerprint density at radius 3 is 2.06 bits per heavy atom. The fourth-order valence-electron chi connectivity index (χ4n) is 4.04. The van der Waals surface area contributed by atoms with Crippen LogP contribution in [0.2, 0.25) is 0 Å². The van der Waals surface area contributed by atoms with Gasteiger partial charge in [-0.1, -0.05) is 0 Å². The third kappa shape index (κ3) is 5.26. The van der Waals surface area contributed by atoms with E-state index in [0.717, 1.165) is 12.1 Å². The van der Waals surface area contributed by atoms with Gasteiger partial charge in [0.1, 0.15) is 11.6 Å². The maximum atomic E-state index is 13.1. The Balaban J connectivity index is 1.24. The molecular formula is C22H27FN4O5S. The van der Waals surface area contributed by atoms with Gasteiger partial charge in [-0.05, 0) is 43.3 Å². The molecular weight excluding hydrogens is 451 g/mol. The molecule has 2 aromatic rings. The van der Waals surface area contributed by atoms with E-state index in [9.17, 15) is 22.4 Å². The maximum Gasteiger partial charge on any atom is 0.289 e. The van der Waals surface area contributed by atoms with E-state index >= 15 is 0 Å². The molecule has 2 saturated heterocycles. The first kappa shape index (κ1) is 23.4. The molecule has 0 atom stereocenters. The molecule has 0 bridgehead atoms. The number of carbonyl (C=O) groups excluding carboxylic acids is 2. The van der Waals surface area contributed by atoms with Crippen LogP contribution in [0.25, 0.3) is 0 Å². The number of furan rings is 1. The highest BCUT2D eigenvalue weighted by Gasteiger charge is 2.31. The minimum absolute atomic E-state index is 0.0424. The summed E-state index contributed by atoms with van der Waals surface area (Å²) in [6, 6.07) is 8.17. The van der Waals surface area contributed by atoms with Gasteiger partial charge in [0.2, 0.25) is 15.9 Å². The number of sulfonamides is 1. The smallest absolute Gasteiger partial charge is 0.289 e. The molecule has 0 aliphatic carbocycles. The second-order valence-corrected chi connectivity index (χ2v) is 10.2. The molecule has 9 nitrogen and oxygen atoms in total. The van der Waals surface area contributed by atoms with Gasteiger partial charge in [0.05, 0.1) is 11.4 Å². The number of hydrogen-bond donors (Lipinski definition) is 0. The highest BCUT2D eigenvalue weighted by Crippen LogP contribution is 2.18. The number of aryl methyl sites for hydroxylation is 1. The van der Waals surface area contributed by atoms with E-state index in [1.165, 1.54) is 16.4 Å². The lowest BCUT2D eigenvalue weighted by Gasteiger charge is -2.37. The monoisotopic (exact) mass is 478 g/mol. The topological polar surface area (TPSA) is 94.4 Å². The van der Waals surface area contributed by atoms with Gasteiger partial charge in [0, 0.05) is 52.4 Å². The normalized spacial score (nSPS) is 18.5. The Bertz CT molecular complexity index is 1100. The van der Waals surface area contributed by atoms with Crippen LogP contribution in [0.15, 0.2) is 45.7 Å². The van der Waals surface area contributed by atoms with Crippen LogP contribution >= 0.6 is 0 Å². The van der Waals surface area contributed by atoms with Crippen LogP contribution < -0.4 is 0 Å². The molecule has 0 unspecified atom stereocenters. The number of rotatable bonds is 5. The first-order valence-electron chi connectivity index (χ1n) is 10.9. The molecule has 2 fully saturated rings. The fraction of sp³-hybridized carbons (Fsp3) is 0.455. The van der Waals surface area contributed by atoms with Gasteiger partial charge in [-0.3, -0.25) is 14.5 Å². The van der Waals surface area contributed by atoms with Crippen LogP contribution in [-0.2, 0) is 14.8 Å². The highest BCUT2D eigenvalue weighted by molar-refractivity contribution is 7.89. The minimum Gasteiger partial charge on any atom is -0.456 e. The lowest BCUT2D eigenvalue weighted by Crippen LogP contribution is -2.55. The van der Waals surface area contributed by atoms with Gasteiger partial charge in [-0.25, -0.2) is 12.8 Å². The summed E-state index contributed by atoms with van der Waals surface area (Å²) in [6.45, 7) is 5.18. The maximum absolute atomic E-state index is 13.1. The van der Waals surface area contributed by atoms with E-state index < -0.39 is 15.8 Å². The van der Waals surface area contributed by atoms with Gasteiger partial charge in [0.25, 0.3) is 5.91 Å². The van der Waals surface area contributed by atoms with E-state index in [4.69, 9.17) is 4.42 Å². The van der Waals surface area contributed by atoms with Gasteiger partial charge in [0.15, 0.2) is 5.76 Å². The van der Waals surface area contributed by atoms with Crippen molar-refractivity contribution < 1.29 is 26.8 Å². The molecule has 2 aliphatic heterocycles. The fourth-order valence-corrected chi connectivity index (χ4v) is 5.46.